The maximum Gasteiger partial charge on any atom is 0.259 e. The molecule has 1 heterocycles. The summed E-state index contributed by atoms with van der Waals surface area (Å²) in [6.07, 6.45) is 0.880. The lowest BCUT2D eigenvalue weighted by molar-refractivity contribution is 0.102. The Balaban J connectivity index is 2.24. The Morgan fingerprint density at radius 1 is 1.29 bits per heavy atom. The predicted molar refractivity (Wildman–Crippen MR) is 89.5 cm³/mol. The van der Waals surface area contributed by atoms with Crippen LogP contribution < -0.4 is 10.6 Å². The van der Waals surface area contributed by atoms with E-state index in [1.54, 1.807) is 0 Å². The number of benzene rings is 1. The summed E-state index contributed by atoms with van der Waals surface area (Å²) in [5, 5.41) is 6.79. The van der Waals surface area contributed by atoms with Crippen LogP contribution in [0.1, 0.15) is 40.3 Å². The van der Waals surface area contributed by atoms with Crippen molar-refractivity contribution in [1.29, 1.82) is 0 Å². The number of nitrogens with one attached hydrogen (secondary N) is 2. The van der Waals surface area contributed by atoms with Gasteiger partial charge in [-0.15, -0.1) is 11.3 Å². The highest BCUT2D eigenvalue weighted by atomic mass is 32.1. The second-order valence-corrected chi connectivity index (χ2v) is 6.11. The monoisotopic (exact) mass is 303 g/mol. The second kappa shape index (κ2) is 6.72. The minimum atomic E-state index is -0.119. The molecule has 2 N–H and O–H groups in total. The highest BCUT2D eigenvalue weighted by Gasteiger charge is 2.14. The fourth-order valence-electron chi connectivity index (χ4n) is 2.16. The van der Waals surface area contributed by atoms with Crippen LogP contribution in [0.15, 0.2) is 18.2 Å². The van der Waals surface area contributed by atoms with Crippen LogP contribution in [0.4, 0.5) is 10.8 Å². The summed E-state index contributed by atoms with van der Waals surface area (Å²) < 4.78 is 0. The summed E-state index contributed by atoms with van der Waals surface area (Å²) in [4.78, 5) is 18.1. The molecule has 0 aliphatic carbocycles. The Kier molecular flexibility index (Phi) is 4.96. The van der Waals surface area contributed by atoms with Crippen molar-refractivity contribution in [2.24, 2.45) is 0 Å². The van der Waals surface area contributed by atoms with Gasteiger partial charge in [-0.25, -0.2) is 4.98 Å². The first-order valence-corrected chi connectivity index (χ1v) is 7.99. The third kappa shape index (κ3) is 3.61. The van der Waals surface area contributed by atoms with E-state index in [0.717, 1.165) is 34.8 Å². The molecule has 1 aromatic carbocycles. The first-order valence-electron chi connectivity index (χ1n) is 7.17. The predicted octanol–water partition coefficient (Wildman–Crippen LogP) is 4.01. The number of amides is 1. The van der Waals surface area contributed by atoms with Gasteiger partial charge < -0.3 is 5.32 Å². The summed E-state index contributed by atoms with van der Waals surface area (Å²) in [5.41, 5.74) is 3.62. The summed E-state index contributed by atoms with van der Waals surface area (Å²) >= 11 is 1.52. The molecule has 21 heavy (non-hydrogen) atoms. The lowest BCUT2D eigenvalue weighted by atomic mass is 10.1. The molecular weight excluding hydrogens is 282 g/mol. The van der Waals surface area contributed by atoms with Crippen molar-refractivity contribution >= 4 is 28.1 Å². The van der Waals surface area contributed by atoms with E-state index in [-0.39, 0.29) is 5.91 Å². The van der Waals surface area contributed by atoms with Crippen molar-refractivity contribution in [2.75, 3.05) is 17.2 Å². The first kappa shape index (κ1) is 15.5. The fraction of sp³-hybridized carbons (Fsp3) is 0.375. The summed E-state index contributed by atoms with van der Waals surface area (Å²) in [6.45, 7) is 8.87. The van der Waals surface area contributed by atoms with Crippen LogP contribution >= 0.6 is 11.3 Å². The molecule has 0 unspecified atom stereocenters. The number of aromatic nitrogens is 1. The molecule has 0 aliphatic heterocycles. The SMILES string of the molecule is CCNc1ccc(C)cc1C(=O)Nc1nc(CC)c(C)s1. The smallest absolute Gasteiger partial charge is 0.259 e. The molecular formula is C16H21N3OS. The number of rotatable bonds is 5. The van der Waals surface area contributed by atoms with Gasteiger partial charge in [-0.05, 0) is 39.3 Å². The highest BCUT2D eigenvalue weighted by molar-refractivity contribution is 7.15. The number of nitrogens with zero attached hydrogens (tertiary/aromatic N) is 1. The van der Waals surface area contributed by atoms with Crippen LogP contribution in [0.3, 0.4) is 0 Å². The van der Waals surface area contributed by atoms with Gasteiger partial charge in [-0.2, -0.15) is 0 Å². The number of carbonyl (C=O) groups excluding carboxylic acids is 1. The van der Waals surface area contributed by atoms with E-state index < -0.39 is 0 Å². The van der Waals surface area contributed by atoms with Crippen LogP contribution in [0.2, 0.25) is 0 Å². The molecule has 0 spiro atoms. The topological polar surface area (TPSA) is 54.0 Å². The zero-order valence-electron chi connectivity index (χ0n) is 12.9. The van der Waals surface area contributed by atoms with Gasteiger partial charge in [0.05, 0.1) is 11.3 Å². The van der Waals surface area contributed by atoms with Crippen molar-refractivity contribution in [2.45, 2.75) is 34.1 Å². The van der Waals surface area contributed by atoms with E-state index in [2.05, 4.69) is 22.5 Å². The molecule has 0 bridgehead atoms. The molecule has 0 atom stereocenters. The summed E-state index contributed by atoms with van der Waals surface area (Å²) in [5.74, 6) is -0.119. The number of hydrogen-bond donors (Lipinski definition) is 2. The van der Waals surface area contributed by atoms with Crippen LogP contribution in [0.25, 0.3) is 0 Å². The van der Waals surface area contributed by atoms with E-state index in [9.17, 15) is 4.79 Å². The van der Waals surface area contributed by atoms with Crippen LogP contribution in [0, 0.1) is 13.8 Å². The standard InChI is InChI=1S/C16H21N3OS/c1-5-13-11(4)21-16(18-13)19-15(20)12-9-10(3)7-8-14(12)17-6-2/h7-9,17H,5-6H2,1-4H3,(H,18,19,20). The van der Waals surface area contributed by atoms with Crippen molar-refractivity contribution in [3.63, 3.8) is 0 Å². The molecule has 0 saturated heterocycles. The van der Waals surface area contributed by atoms with E-state index in [4.69, 9.17) is 0 Å². The Bertz CT molecular complexity index is 649. The zero-order valence-corrected chi connectivity index (χ0v) is 13.7. The van der Waals surface area contributed by atoms with Gasteiger partial charge in [0.15, 0.2) is 5.13 Å². The van der Waals surface area contributed by atoms with Gasteiger partial charge in [0, 0.05) is 17.1 Å². The molecule has 4 nitrogen and oxygen atoms in total. The number of hydrogen-bond acceptors (Lipinski definition) is 4. The lowest BCUT2D eigenvalue weighted by Gasteiger charge is -2.11. The highest BCUT2D eigenvalue weighted by Crippen LogP contribution is 2.24. The van der Waals surface area contributed by atoms with Crippen molar-refractivity contribution in [3.05, 3.63) is 39.9 Å². The lowest BCUT2D eigenvalue weighted by Crippen LogP contribution is -2.15. The molecule has 2 aromatic rings. The molecule has 5 heteroatoms. The number of carbonyl (C=O) groups is 1. The summed E-state index contributed by atoms with van der Waals surface area (Å²) in [6, 6.07) is 5.84. The van der Waals surface area contributed by atoms with Crippen LogP contribution in [-0.2, 0) is 6.42 Å². The Labute approximate surface area is 129 Å². The average molecular weight is 303 g/mol. The van der Waals surface area contributed by atoms with E-state index >= 15 is 0 Å². The molecule has 1 aromatic heterocycles. The molecule has 0 radical (unpaired) electrons. The molecule has 2 rings (SSSR count). The van der Waals surface area contributed by atoms with Gasteiger partial charge in [-0.1, -0.05) is 18.6 Å². The number of aryl methyl sites for hydroxylation is 3. The molecule has 0 fully saturated rings. The second-order valence-electron chi connectivity index (χ2n) is 4.91. The van der Waals surface area contributed by atoms with E-state index in [1.165, 1.54) is 11.3 Å². The van der Waals surface area contributed by atoms with E-state index in [1.807, 2.05) is 39.0 Å². The molecule has 112 valence electrons. The number of anilines is 2. The van der Waals surface area contributed by atoms with Crippen LogP contribution in [0.5, 0.6) is 0 Å². The Morgan fingerprint density at radius 2 is 2.05 bits per heavy atom. The third-order valence-electron chi connectivity index (χ3n) is 3.23. The van der Waals surface area contributed by atoms with Gasteiger partial charge in [0.25, 0.3) is 5.91 Å². The minimum absolute atomic E-state index is 0.119. The Hall–Kier alpha value is -1.88. The maximum atomic E-state index is 12.5. The van der Waals surface area contributed by atoms with Gasteiger partial charge in [-0.3, -0.25) is 10.1 Å². The minimum Gasteiger partial charge on any atom is -0.385 e. The van der Waals surface area contributed by atoms with Crippen molar-refractivity contribution in [1.82, 2.24) is 4.98 Å². The normalized spacial score (nSPS) is 10.5. The maximum absolute atomic E-state index is 12.5. The van der Waals surface area contributed by atoms with E-state index in [0.29, 0.717) is 10.7 Å². The van der Waals surface area contributed by atoms with Crippen LogP contribution in [-0.4, -0.2) is 17.4 Å². The van der Waals surface area contributed by atoms with Gasteiger partial charge in [0.2, 0.25) is 0 Å². The first-order chi connectivity index (χ1) is 10.0. The third-order valence-corrected chi connectivity index (χ3v) is 4.16. The van der Waals surface area contributed by atoms with Crippen molar-refractivity contribution < 1.29 is 4.79 Å². The zero-order chi connectivity index (χ0) is 15.4. The Morgan fingerprint density at radius 3 is 2.67 bits per heavy atom. The van der Waals surface area contributed by atoms with Gasteiger partial charge in [0.1, 0.15) is 0 Å². The molecule has 1 amide bonds. The average Bonchev–Trinajstić information content (AvgIpc) is 2.80. The largest absolute Gasteiger partial charge is 0.385 e. The molecule has 0 aliphatic rings. The number of thiazole rings is 1. The quantitative estimate of drug-likeness (QED) is 0.877. The molecule has 0 saturated carbocycles. The fourth-order valence-corrected chi connectivity index (χ4v) is 3.06. The summed E-state index contributed by atoms with van der Waals surface area (Å²) in [7, 11) is 0. The van der Waals surface area contributed by atoms with Crippen molar-refractivity contribution in [3.8, 4) is 0 Å². The van der Waals surface area contributed by atoms with Gasteiger partial charge >= 0.3 is 0 Å².